The van der Waals surface area contributed by atoms with Crippen molar-refractivity contribution in [3.63, 3.8) is 0 Å². The number of halogens is 1. The van der Waals surface area contributed by atoms with Gasteiger partial charge < -0.3 is 19.8 Å². The third-order valence-corrected chi connectivity index (χ3v) is 4.56. The molecule has 0 atom stereocenters. The highest BCUT2D eigenvalue weighted by Gasteiger charge is 2.20. The molecule has 6 nitrogen and oxygen atoms in total. The van der Waals surface area contributed by atoms with Crippen molar-refractivity contribution in [3.8, 4) is 11.5 Å². The lowest BCUT2D eigenvalue weighted by atomic mass is 10.1. The van der Waals surface area contributed by atoms with Crippen LogP contribution in [0.1, 0.15) is 30.5 Å². The lowest BCUT2D eigenvalue weighted by Crippen LogP contribution is -2.39. The lowest BCUT2D eigenvalue weighted by molar-refractivity contribution is 0.123. The van der Waals surface area contributed by atoms with Crippen LogP contribution >= 0.6 is 24.0 Å². The number of hydrogen-bond acceptors (Lipinski definition) is 4. The Morgan fingerprint density at radius 3 is 2.68 bits per heavy atom. The molecule has 1 aromatic carbocycles. The molecule has 28 heavy (non-hydrogen) atoms. The Morgan fingerprint density at radius 2 is 1.96 bits per heavy atom. The van der Waals surface area contributed by atoms with E-state index in [1.54, 1.807) is 13.3 Å². The van der Waals surface area contributed by atoms with Crippen LogP contribution in [0.15, 0.2) is 39.9 Å². The van der Waals surface area contributed by atoms with Gasteiger partial charge in [-0.15, -0.1) is 24.0 Å². The zero-order valence-corrected chi connectivity index (χ0v) is 19.1. The summed E-state index contributed by atoms with van der Waals surface area (Å²) in [7, 11) is 1.78. The average molecular weight is 498 g/mol. The minimum Gasteiger partial charge on any atom is -0.444 e. The van der Waals surface area contributed by atoms with Gasteiger partial charge in [0.15, 0.2) is 5.96 Å². The van der Waals surface area contributed by atoms with Crippen molar-refractivity contribution >= 4 is 29.9 Å². The molecule has 1 fully saturated rings. The van der Waals surface area contributed by atoms with Gasteiger partial charge in [0.2, 0.25) is 5.89 Å². The molecule has 1 aliphatic rings. The van der Waals surface area contributed by atoms with Crippen LogP contribution in [0, 0.1) is 12.8 Å². The molecule has 3 rings (SSSR count). The standard InChI is InChI=1S/C21H30N4O2.HI/c1-16-4-8-18(9-5-16)20-25-19(15-27-20)10-12-24-21(22-2)23-11-3-13-26-14-17-6-7-17;/h4-5,8-9,15,17H,3,6-7,10-14H2,1-2H3,(H2,22,23,24);1H. The number of aryl methyl sites for hydroxylation is 1. The molecule has 0 spiro atoms. The smallest absolute Gasteiger partial charge is 0.226 e. The van der Waals surface area contributed by atoms with Crippen LogP contribution in [0.5, 0.6) is 0 Å². The maximum absolute atomic E-state index is 5.64. The summed E-state index contributed by atoms with van der Waals surface area (Å²) >= 11 is 0. The van der Waals surface area contributed by atoms with E-state index in [1.807, 2.05) is 12.1 Å². The highest BCUT2D eigenvalue weighted by molar-refractivity contribution is 14.0. The summed E-state index contributed by atoms with van der Waals surface area (Å²) in [5.74, 6) is 2.30. The number of aliphatic imine (C=N–C) groups is 1. The van der Waals surface area contributed by atoms with Gasteiger partial charge in [0.25, 0.3) is 0 Å². The van der Waals surface area contributed by atoms with Gasteiger partial charge in [-0.25, -0.2) is 4.98 Å². The molecule has 1 heterocycles. The molecule has 1 saturated carbocycles. The second kappa shape index (κ2) is 12.1. The van der Waals surface area contributed by atoms with Crippen molar-refractivity contribution in [1.29, 1.82) is 0 Å². The summed E-state index contributed by atoms with van der Waals surface area (Å²) in [5.41, 5.74) is 3.16. The molecule has 7 heteroatoms. The average Bonchev–Trinajstić information content (AvgIpc) is 3.39. The number of aromatic nitrogens is 1. The topological polar surface area (TPSA) is 71.7 Å². The van der Waals surface area contributed by atoms with E-state index in [9.17, 15) is 0 Å². The number of ether oxygens (including phenoxy) is 1. The fourth-order valence-corrected chi connectivity index (χ4v) is 2.70. The fraction of sp³-hybridized carbons (Fsp3) is 0.524. The van der Waals surface area contributed by atoms with E-state index in [2.05, 4.69) is 39.7 Å². The Kier molecular flexibility index (Phi) is 9.77. The molecule has 0 bridgehead atoms. The molecule has 2 aromatic rings. The third kappa shape index (κ3) is 7.79. The summed E-state index contributed by atoms with van der Waals surface area (Å²) in [6.45, 7) is 5.40. The van der Waals surface area contributed by atoms with Crippen LogP contribution in [0.25, 0.3) is 11.5 Å². The number of guanidine groups is 1. The minimum absolute atomic E-state index is 0. The molecule has 1 aliphatic carbocycles. The molecule has 0 aliphatic heterocycles. The van der Waals surface area contributed by atoms with Gasteiger partial charge in [-0.3, -0.25) is 4.99 Å². The third-order valence-electron chi connectivity index (χ3n) is 4.56. The van der Waals surface area contributed by atoms with Crippen LogP contribution in [0.4, 0.5) is 0 Å². The maximum atomic E-state index is 5.64. The second-order valence-corrected chi connectivity index (χ2v) is 7.06. The molecule has 0 amide bonds. The van der Waals surface area contributed by atoms with E-state index in [-0.39, 0.29) is 24.0 Å². The van der Waals surface area contributed by atoms with Crippen molar-refractivity contribution in [2.45, 2.75) is 32.6 Å². The van der Waals surface area contributed by atoms with Crippen LogP contribution in [-0.2, 0) is 11.2 Å². The molecule has 0 unspecified atom stereocenters. The van der Waals surface area contributed by atoms with E-state index in [0.29, 0.717) is 5.89 Å². The number of nitrogens with zero attached hydrogens (tertiary/aromatic N) is 2. The lowest BCUT2D eigenvalue weighted by Gasteiger charge is -2.11. The fourth-order valence-electron chi connectivity index (χ4n) is 2.70. The Labute approximate surface area is 184 Å². The summed E-state index contributed by atoms with van der Waals surface area (Å²) < 4.78 is 11.2. The van der Waals surface area contributed by atoms with Crippen molar-refractivity contribution in [2.75, 3.05) is 33.4 Å². The molecular formula is C21H31IN4O2. The summed E-state index contributed by atoms with van der Waals surface area (Å²) in [6.07, 6.45) is 6.17. The monoisotopic (exact) mass is 498 g/mol. The SMILES string of the molecule is CN=C(NCCCOCC1CC1)NCCc1coc(-c2ccc(C)cc2)n1.I. The minimum atomic E-state index is 0. The molecule has 0 radical (unpaired) electrons. The van der Waals surface area contributed by atoms with Gasteiger partial charge >= 0.3 is 0 Å². The maximum Gasteiger partial charge on any atom is 0.226 e. The van der Waals surface area contributed by atoms with Gasteiger partial charge in [0.05, 0.1) is 5.69 Å². The number of oxazole rings is 1. The van der Waals surface area contributed by atoms with Crippen molar-refractivity contribution < 1.29 is 9.15 Å². The van der Waals surface area contributed by atoms with Gasteiger partial charge in [-0.1, -0.05) is 17.7 Å². The van der Waals surface area contributed by atoms with Crippen molar-refractivity contribution in [1.82, 2.24) is 15.6 Å². The van der Waals surface area contributed by atoms with Gasteiger partial charge in [0.1, 0.15) is 6.26 Å². The van der Waals surface area contributed by atoms with Crippen LogP contribution < -0.4 is 10.6 Å². The first kappa shape index (κ1) is 22.7. The number of hydrogen-bond donors (Lipinski definition) is 2. The van der Waals surface area contributed by atoms with E-state index in [1.165, 1.54) is 18.4 Å². The van der Waals surface area contributed by atoms with Crippen LogP contribution in [0.3, 0.4) is 0 Å². The first-order valence-corrected chi connectivity index (χ1v) is 9.78. The predicted molar refractivity (Wildman–Crippen MR) is 123 cm³/mol. The van der Waals surface area contributed by atoms with Gasteiger partial charge in [-0.05, 0) is 44.2 Å². The van der Waals surface area contributed by atoms with Crippen LogP contribution in [-0.4, -0.2) is 44.3 Å². The number of rotatable bonds is 10. The highest BCUT2D eigenvalue weighted by Crippen LogP contribution is 2.28. The van der Waals surface area contributed by atoms with Crippen molar-refractivity contribution in [3.05, 3.63) is 41.8 Å². The first-order valence-electron chi connectivity index (χ1n) is 9.78. The number of nitrogens with one attached hydrogen (secondary N) is 2. The van der Waals surface area contributed by atoms with E-state index >= 15 is 0 Å². The van der Waals surface area contributed by atoms with Gasteiger partial charge in [0, 0.05) is 45.3 Å². The predicted octanol–water partition coefficient (Wildman–Crippen LogP) is 3.79. The summed E-state index contributed by atoms with van der Waals surface area (Å²) in [4.78, 5) is 8.81. The summed E-state index contributed by atoms with van der Waals surface area (Å²) in [6, 6.07) is 8.19. The highest BCUT2D eigenvalue weighted by atomic mass is 127. The van der Waals surface area contributed by atoms with E-state index < -0.39 is 0 Å². The Bertz CT molecular complexity index is 726. The Hall–Kier alpha value is -1.61. The van der Waals surface area contributed by atoms with Gasteiger partial charge in [-0.2, -0.15) is 0 Å². The largest absolute Gasteiger partial charge is 0.444 e. The first-order chi connectivity index (χ1) is 13.2. The Balaban J connectivity index is 0.00000280. The molecule has 2 N–H and O–H groups in total. The Morgan fingerprint density at radius 1 is 1.21 bits per heavy atom. The summed E-state index contributed by atoms with van der Waals surface area (Å²) in [5, 5.41) is 6.62. The normalized spacial score (nSPS) is 13.9. The molecule has 0 saturated heterocycles. The van der Waals surface area contributed by atoms with Crippen LogP contribution in [0.2, 0.25) is 0 Å². The number of benzene rings is 1. The van der Waals surface area contributed by atoms with E-state index in [0.717, 1.165) is 62.3 Å². The molecular weight excluding hydrogens is 467 g/mol. The second-order valence-electron chi connectivity index (χ2n) is 7.06. The molecule has 154 valence electrons. The zero-order chi connectivity index (χ0) is 18.9. The van der Waals surface area contributed by atoms with Crippen molar-refractivity contribution in [2.24, 2.45) is 10.9 Å². The van der Waals surface area contributed by atoms with E-state index in [4.69, 9.17) is 9.15 Å². The molecule has 1 aromatic heterocycles. The quantitative estimate of drug-likeness (QED) is 0.226. The zero-order valence-electron chi connectivity index (χ0n) is 16.7.